The van der Waals surface area contributed by atoms with Gasteiger partial charge in [0.25, 0.3) is 0 Å². The number of hydrogen-bond donors (Lipinski definition) is 0. The molecule has 0 aromatic heterocycles. The summed E-state index contributed by atoms with van der Waals surface area (Å²) >= 11 is 2.93. The van der Waals surface area contributed by atoms with Crippen LogP contribution in [0.3, 0.4) is 0 Å². The Hall–Kier alpha value is -0.910. The van der Waals surface area contributed by atoms with Crippen molar-refractivity contribution in [2.75, 3.05) is 0 Å². The van der Waals surface area contributed by atoms with E-state index in [1.165, 1.54) is 0 Å². The molecule has 0 saturated heterocycles. The Morgan fingerprint density at radius 1 is 1.07 bits per heavy atom. The summed E-state index contributed by atoms with van der Waals surface area (Å²) < 4.78 is 62.4. The topological polar surface area (TPSA) is 0 Å². The lowest BCUT2D eigenvalue weighted by Gasteiger charge is -2.04. The van der Waals surface area contributed by atoms with Gasteiger partial charge >= 0.3 is 6.08 Å². The lowest BCUT2D eigenvalue weighted by atomic mass is 10.1. The summed E-state index contributed by atoms with van der Waals surface area (Å²) in [6, 6.07) is 1.57. The maximum absolute atomic E-state index is 13.0. The first-order chi connectivity index (χ1) is 6.97. The van der Waals surface area contributed by atoms with Crippen molar-refractivity contribution in [3.63, 3.8) is 0 Å². The minimum absolute atomic E-state index is 0.143. The van der Waals surface area contributed by atoms with Gasteiger partial charge in [-0.1, -0.05) is 15.9 Å². The molecule has 0 radical (unpaired) electrons. The molecule has 0 aliphatic heterocycles. The molecule has 0 aliphatic rings. The molecule has 0 unspecified atom stereocenters. The van der Waals surface area contributed by atoms with Crippen molar-refractivity contribution in [1.29, 1.82) is 0 Å². The van der Waals surface area contributed by atoms with Gasteiger partial charge in [0.05, 0.1) is 5.56 Å². The van der Waals surface area contributed by atoms with Gasteiger partial charge in [-0.3, -0.25) is 0 Å². The number of benzene rings is 1. The maximum Gasteiger partial charge on any atom is 0.306 e. The van der Waals surface area contributed by atoms with E-state index in [-0.39, 0.29) is 10.9 Å². The van der Waals surface area contributed by atoms with E-state index in [2.05, 4.69) is 15.9 Å². The second kappa shape index (κ2) is 4.74. The lowest BCUT2D eigenvalue weighted by Crippen LogP contribution is -1.95. The Bertz CT molecular complexity index is 386. The van der Waals surface area contributed by atoms with Crippen molar-refractivity contribution in [3.05, 3.63) is 41.0 Å². The first-order valence-corrected chi connectivity index (χ1v) is 4.84. The highest BCUT2D eigenvalue weighted by molar-refractivity contribution is 9.08. The van der Waals surface area contributed by atoms with Crippen molar-refractivity contribution in [1.82, 2.24) is 0 Å². The number of rotatable bonds is 2. The largest absolute Gasteiger partial charge is 0.306 e. The van der Waals surface area contributed by atoms with Crippen LogP contribution in [0.5, 0.6) is 0 Å². The molecule has 1 aromatic carbocycles. The molecular formula is C9H4BrF5. The molecule has 0 amide bonds. The molecule has 0 saturated carbocycles. The van der Waals surface area contributed by atoms with Gasteiger partial charge in [-0.25, -0.2) is 13.2 Å². The van der Waals surface area contributed by atoms with Gasteiger partial charge in [-0.2, -0.15) is 8.78 Å². The highest BCUT2D eigenvalue weighted by atomic mass is 79.9. The van der Waals surface area contributed by atoms with Crippen molar-refractivity contribution >= 4 is 21.8 Å². The smallest absolute Gasteiger partial charge is 0.206 e. The number of alkyl halides is 1. The zero-order valence-electron chi connectivity index (χ0n) is 7.13. The molecule has 0 nitrogen and oxygen atoms in total. The molecule has 0 N–H and O–H groups in total. The molecule has 82 valence electrons. The molecule has 0 heterocycles. The molecule has 6 heteroatoms. The minimum atomic E-state index is -2.75. The van der Waals surface area contributed by atoms with Crippen LogP contribution in [0.2, 0.25) is 0 Å². The zero-order valence-corrected chi connectivity index (χ0v) is 8.72. The average molecular weight is 287 g/mol. The van der Waals surface area contributed by atoms with Gasteiger partial charge in [-0.05, 0) is 17.7 Å². The predicted octanol–water partition coefficient (Wildman–Crippen LogP) is 4.39. The predicted molar refractivity (Wildman–Crippen MR) is 49.2 cm³/mol. The number of hydrogen-bond acceptors (Lipinski definition) is 0. The molecule has 0 aliphatic carbocycles. The summed E-state index contributed by atoms with van der Waals surface area (Å²) in [4.78, 5) is 0. The van der Waals surface area contributed by atoms with E-state index >= 15 is 0 Å². The third-order valence-corrected chi connectivity index (χ3v) is 2.29. The standard InChI is InChI=1S/C9H4BrF5/c10-3-4-1-5(11)7(6(12)2-4)8(13)9(14)15/h1-2H,3H2. The van der Waals surface area contributed by atoms with E-state index in [9.17, 15) is 22.0 Å². The Labute approximate surface area is 90.5 Å². The van der Waals surface area contributed by atoms with Gasteiger partial charge in [0, 0.05) is 5.33 Å². The van der Waals surface area contributed by atoms with Gasteiger partial charge < -0.3 is 0 Å². The van der Waals surface area contributed by atoms with Crippen molar-refractivity contribution in [2.24, 2.45) is 0 Å². The zero-order chi connectivity index (χ0) is 11.6. The average Bonchev–Trinajstić information content (AvgIpc) is 2.16. The third kappa shape index (κ3) is 2.56. The van der Waals surface area contributed by atoms with E-state index in [0.29, 0.717) is 0 Å². The van der Waals surface area contributed by atoms with Crippen LogP contribution >= 0.6 is 15.9 Å². The fourth-order valence-corrected chi connectivity index (χ4v) is 1.33. The molecular weight excluding hydrogens is 283 g/mol. The SMILES string of the molecule is FC(F)=C(F)c1c(F)cc(CBr)cc1F. The lowest BCUT2D eigenvalue weighted by molar-refractivity contribution is 0.407. The van der Waals surface area contributed by atoms with Crippen LogP contribution in [0, 0.1) is 11.6 Å². The summed E-state index contributed by atoms with van der Waals surface area (Å²) in [5, 5.41) is 0.143. The van der Waals surface area contributed by atoms with Crippen LogP contribution in [0.1, 0.15) is 11.1 Å². The Kier molecular flexibility index (Phi) is 3.84. The highest BCUT2D eigenvalue weighted by Crippen LogP contribution is 2.28. The van der Waals surface area contributed by atoms with Crippen LogP contribution in [0.15, 0.2) is 18.2 Å². The summed E-state index contributed by atoms with van der Waals surface area (Å²) in [5.74, 6) is -4.88. The van der Waals surface area contributed by atoms with Gasteiger partial charge in [0.2, 0.25) is 5.83 Å². The second-order valence-corrected chi connectivity index (χ2v) is 3.20. The van der Waals surface area contributed by atoms with Crippen molar-refractivity contribution in [2.45, 2.75) is 5.33 Å². The van der Waals surface area contributed by atoms with E-state index in [1.54, 1.807) is 0 Å². The molecule has 0 spiro atoms. The van der Waals surface area contributed by atoms with Crippen molar-refractivity contribution in [3.8, 4) is 0 Å². The fraction of sp³-hybridized carbons (Fsp3) is 0.111. The Morgan fingerprint density at radius 3 is 1.87 bits per heavy atom. The summed E-state index contributed by atoms with van der Waals surface area (Å²) in [7, 11) is 0. The maximum atomic E-state index is 13.0. The van der Waals surface area contributed by atoms with Crippen LogP contribution in [-0.4, -0.2) is 0 Å². The van der Waals surface area contributed by atoms with Crippen LogP contribution in [0.4, 0.5) is 22.0 Å². The van der Waals surface area contributed by atoms with E-state index < -0.39 is 29.1 Å². The molecule has 0 atom stereocenters. The second-order valence-electron chi connectivity index (χ2n) is 2.64. The quantitative estimate of drug-likeness (QED) is 0.559. The van der Waals surface area contributed by atoms with Gasteiger partial charge in [0.1, 0.15) is 11.6 Å². The van der Waals surface area contributed by atoms with Crippen LogP contribution in [-0.2, 0) is 5.33 Å². The highest BCUT2D eigenvalue weighted by Gasteiger charge is 2.19. The monoisotopic (exact) mass is 286 g/mol. The number of halogens is 6. The molecule has 0 bridgehead atoms. The third-order valence-electron chi connectivity index (χ3n) is 1.64. The molecule has 0 fully saturated rings. The van der Waals surface area contributed by atoms with E-state index in [4.69, 9.17) is 0 Å². The molecule has 1 aromatic rings. The van der Waals surface area contributed by atoms with Crippen LogP contribution in [0.25, 0.3) is 5.83 Å². The summed E-state index contributed by atoms with van der Waals surface area (Å²) in [6.07, 6.45) is -2.75. The first-order valence-electron chi connectivity index (χ1n) is 3.72. The Balaban J connectivity index is 3.39. The van der Waals surface area contributed by atoms with Gasteiger partial charge in [0.15, 0.2) is 0 Å². The first kappa shape index (κ1) is 12.2. The van der Waals surface area contributed by atoms with E-state index in [0.717, 1.165) is 12.1 Å². The van der Waals surface area contributed by atoms with Gasteiger partial charge in [-0.15, -0.1) is 0 Å². The summed E-state index contributed by atoms with van der Waals surface area (Å²) in [5.41, 5.74) is -1.14. The van der Waals surface area contributed by atoms with Crippen molar-refractivity contribution < 1.29 is 22.0 Å². The normalized spacial score (nSPS) is 10.3. The fourth-order valence-electron chi connectivity index (χ4n) is 1.01. The van der Waals surface area contributed by atoms with Crippen LogP contribution < -0.4 is 0 Å². The summed E-state index contributed by atoms with van der Waals surface area (Å²) in [6.45, 7) is 0. The van der Waals surface area contributed by atoms with E-state index in [1.807, 2.05) is 0 Å². The Morgan fingerprint density at radius 2 is 1.53 bits per heavy atom. The molecule has 1 rings (SSSR count). The minimum Gasteiger partial charge on any atom is -0.206 e. The molecule has 15 heavy (non-hydrogen) atoms.